The van der Waals surface area contributed by atoms with Gasteiger partial charge in [-0.15, -0.1) is 0 Å². The molecule has 1 saturated carbocycles. The predicted octanol–water partition coefficient (Wildman–Crippen LogP) is 3.30. The first-order chi connectivity index (χ1) is 9.74. The van der Waals surface area contributed by atoms with Crippen molar-refractivity contribution in [3.05, 3.63) is 29.0 Å². The van der Waals surface area contributed by atoms with Crippen LogP contribution in [0.25, 0.3) is 5.57 Å². The number of methoxy groups -OCH3 is 1. The minimum absolute atomic E-state index is 0.369. The second-order valence-corrected chi connectivity index (χ2v) is 5.32. The third-order valence-electron chi connectivity index (χ3n) is 3.59. The van der Waals surface area contributed by atoms with Crippen LogP contribution < -0.4 is 10.5 Å². The molecule has 108 valence electrons. The van der Waals surface area contributed by atoms with Gasteiger partial charge in [-0.05, 0) is 24.8 Å². The van der Waals surface area contributed by atoms with Gasteiger partial charge in [0.2, 0.25) is 5.88 Å². The third-order valence-corrected chi connectivity index (χ3v) is 3.88. The number of hydrogen-bond acceptors (Lipinski definition) is 4. The van der Waals surface area contributed by atoms with E-state index in [1.165, 1.54) is 31.9 Å². The first-order valence-electron chi connectivity index (χ1n) is 6.87. The Labute approximate surface area is 124 Å². The molecule has 0 aliphatic heterocycles. The highest BCUT2D eigenvalue weighted by Gasteiger charge is 2.14. The molecule has 0 radical (unpaired) electrons. The number of aromatic nitrogens is 1. The molecule has 1 aliphatic rings. The topological polar surface area (TPSA) is 60.5 Å². The predicted molar refractivity (Wildman–Crippen MR) is 83.3 cm³/mol. The van der Waals surface area contributed by atoms with Crippen molar-refractivity contribution in [3.8, 4) is 5.88 Å². The van der Waals surface area contributed by atoms with Gasteiger partial charge >= 0.3 is 0 Å². The van der Waals surface area contributed by atoms with Crippen LogP contribution in [0.2, 0.25) is 5.15 Å². The molecule has 20 heavy (non-hydrogen) atoms. The zero-order chi connectivity index (χ0) is 14.4. The summed E-state index contributed by atoms with van der Waals surface area (Å²) < 4.78 is 5.03. The number of nitrogens with zero attached hydrogens (tertiary/aromatic N) is 2. The van der Waals surface area contributed by atoms with Crippen molar-refractivity contribution in [2.75, 3.05) is 13.7 Å². The first-order valence-corrected chi connectivity index (χ1v) is 7.25. The summed E-state index contributed by atoms with van der Waals surface area (Å²) in [5.74, 6) is 1.20. The van der Waals surface area contributed by atoms with E-state index in [1.54, 1.807) is 19.4 Å². The molecule has 1 aromatic rings. The molecule has 1 aliphatic carbocycles. The average molecular weight is 294 g/mol. The van der Waals surface area contributed by atoms with E-state index in [1.807, 2.05) is 6.07 Å². The number of pyridine rings is 1. The second kappa shape index (κ2) is 7.29. The number of aliphatic imine (C=N–C) groups is 1. The van der Waals surface area contributed by atoms with Gasteiger partial charge in [0.1, 0.15) is 5.15 Å². The Kier molecular flexibility index (Phi) is 5.41. The minimum Gasteiger partial charge on any atom is -0.481 e. The van der Waals surface area contributed by atoms with Gasteiger partial charge in [-0.3, -0.25) is 4.99 Å². The molecule has 0 spiro atoms. The van der Waals surface area contributed by atoms with Crippen molar-refractivity contribution < 1.29 is 4.74 Å². The summed E-state index contributed by atoms with van der Waals surface area (Å²) in [4.78, 5) is 8.62. The van der Waals surface area contributed by atoms with E-state index in [9.17, 15) is 0 Å². The highest BCUT2D eigenvalue weighted by molar-refractivity contribution is 6.32. The Hall–Kier alpha value is -1.55. The molecule has 2 rings (SSSR count). The summed E-state index contributed by atoms with van der Waals surface area (Å²) in [5, 5.41) is 0.369. The Morgan fingerprint density at radius 3 is 2.85 bits per heavy atom. The van der Waals surface area contributed by atoms with Gasteiger partial charge in [-0.1, -0.05) is 24.4 Å². The molecule has 2 N–H and O–H groups in total. The summed E-state index contributed by atoms with van der Waals surface area (Å²) >= 11 is 6.14. The van der Waals surface area contributed by atoms with Crippen LogP contribution in [0.1, 0.15) is 31.2 Å². The monoisotopic (exact) mass is 293 g/mol. The van der Waals surface area contributed by atoms with Gasteiger partial charge in [0.15, 0.2) is 0 Å². The van der Waals surface area contributed by atoms with Crippen LogP contribution in [-0.4, -0.2) is 24.9 Å². The summed E-state index contributed by atoms with van der Waals surface area (Å²) in [6.07, 6.45) is 8.51. The zero-order valence-corrected chi connectivity index (χ0v) is 12.4. The first kappa shape index (κ1) is 14.9. The Morgan fingerprint density at radius 1 is 1.50 bits per heavy atom. The molecule has 1 fully saturated rings. The number of nitrogens with two attached hydrogens (primary N) is 1. The number of rotatable bonds is 5. The molecule has 0 atom stereocenters. The standard InChI is InChI=1S/C15H20ClN3O/c1-20-14-7-6-13(15(16)19-14)12(8-17)10-18-9-11-4-2-3-5-11/h6-8,10-11H,2-5,9,17H2,1H3. The lowest BCUT2D eigenvalue weighted by Gasteiger charge is -2.07. The van der Waals surface area contributed by atoms with Crippen LogP contribution in [0.3, 0.4) is 0 Å². The molecule has 0 saturated heterocycles. The van der Waals surface area contributed by atoms with Gasteiger partial charge in [0, 0.05) is 36.2 Å². The Morgan fingerprint density at radius 2 is 2.25 bits per heavy atom. The van der Waals surface area contributed by atoms with E-state index in [2.05, 4.69) is 9.98 Å². The quantitative estimate of drug-likeness (QED) is 0.669. The number of hydrogen-bond donors (Lipinski definition) is 1. The molecule has 0 amide bonds. The van der Waals surface area contributed by atoms with Gasteiger partial charge in [0.25, 0.3) is 0 Å². The third kappa shape index (κ3) is 3.73. The Bertz CT molecular complexity index is 508. The van der Waals surface area contributed by atoms with Crippen molar-refractivity contribution in [1.82, 2.24) is 4.98 Å². The van der Waals surface area contributed by atoms with Gasteiger partial charge < -0.3 is 10.5 Å². The van der Waals surface area contributed by atoms with Crippen LogP contribution in [-0.2, 0) is 0 Å². The largest absolute Gasteiger partial charge is 0.481 e. The van der Waals surface area contributed by atoms with Crippen LogP contribution in [0.5, 0.6) is 5.88 Å². The summed E-state index contributed by atoms with van der Waals surface area (Å²) in [6, 6.07) is 3.60. The molecule has 4 nitrogen and oxygen atoms in total. The van der Waals surface area contributed by atoms with E-state index < -0.39 is 0 Å². The van der Waals surface area contributed by atoms with Gasteiger partial charge in [-0.25, -0.2) is 4.98 Å². The van der Waals surface area contributed by atoms with Crippen molar-refractivity contribution >= 4 is 23.4 Å². The van der Waals surface area contributed by atoms with Crippen LogP contribution in [0.4, 0.5) is 0 Å². The fourth-order valence-electron chi connectivity index (χ4n) is 2.44. The summed E-state index contributed by atoms with van der Waals surface area (Å²) in [7, 11) is 1.56. The second-order valence-electron chi connectivity index (χ2n) is 4.96. The van der Waals surface area contributed by atoms with E-state index in [-0.39, 0.29) is 0 Å². The lowest BCUT2D eigenvalue weighted by atomic mass is 10.1. The van der Waals surface area contributed by atoms with E-state index in [0.717, 1.165) is 23.6 Å². The van der Waals surface area contributed by atoms with Crippen LogP contribution in [0, 0.1) is 5.92 Å². The number of allylic oxidation sites excluding steroid dienone is 1. The van der Waals surface area contributed by atoms with E-state index >= 15 is 0 Å². The van der Waals surface area contributed by atoms with Crippen LogP contribution >= 0.6 is 11.6 Å². The lowest BCUT2D eigenvalue weighted by molar-refractivity contribution is 0.398. The molecule has 1 aromatic heterocycles. The number of ether oxygens (including phenoxy) is 1. The molecule has 1 heterocycles. The molecule has 5 heteroatoms. The maximum Gasteiger partial charge on any atom is 0.214 e. The van der Waals surface area contributed by atoms with Crippen LogP contribution in [0.15, 0.2) is 23.3 Å². The summed E-state index contributed by atoms with van der Waals surface area (Å²) in [6.45, 7) is 0.860. The molecule has 0 aromatic carbocycles. The van der Waals surface area contributed by atoms with Gasteiger partial charge in [0.05, 0.1) is 7.11 Å². The average Bonchev–Trinajstić information content (AvgIpc) is 2.97. The molecule has 0 bridgehead atoms. The summed E-state index contributed by atoms with van der Waals surface area (Å²) in [5.41, 5.74) is 7.22. The smallest absolute Gasteiger partial charge is 0.214 e. The lowest BCUT2D eigenvalue weighted by Crippen LogP contribution is -2.00. The maximum absolute atomic E-state index is 6.14. The molecular weight excluding hydrogens is 274 g/mol. The van der Waals surface area contributed by atoms with Crippen molar-refractivity contribution in [3.63, 3.8) is 0 Å². The normalized spacial score (nSPS) is 17.0. The fraction of sp³-hybridized carbons (Fsp3) is 0.467. The Balaban J connectivity index is 2.06. The fourth-order valence-corrected chi connectivity index (χ4v) is 2.70. The molecular formula is C15H20ClN3O. The van der Waals surface area contributed by atoms with Crippen molar-refractivity contribution in [2.45, 2.75) is 25.7 Å². The number of halogens is 1. The van der Waals surface area contributed by atoms with E-state index in [0.29, 0.717) is 11.0 Å². The highest BCUT2D eigenvalue weighted by Crippen LogP contribution is 2.26. The minimum atomic E-state index is 0.369. The van der Waals surface area contributed by atoms with E-state index in [4.69, 9.17) is 22.1 Å². The highest BCUT2D eigenvalue weighted by atomic mass is 35.5. The van der Waals surface area contributed by atoms with Crippen molar-refractivity contribution in [1.29, 1.82) is 0 Å². The van der Waals surface area contributed by atoms with Gasteiger partial charge in [-0.2, -0.15) is 0 Å². The van der Waals surface area contributed by atoms with Crippen molar-refractivity contribution in [2.24, 2.45) is 16.6 Å². The SMILES string of the molecule is COc1ccc(C(C=NCC2CCCC2)=CN)c(Cl)n1. The maximum atomic E-state index is 6.14. The zero-order valence-electron chi connectivity index (χ0n) is 11.7. The molecule has 0 unspecified atom stereocenters.